The van der Waals surface area contributed by atoms with Gasteiger partial charge in [-0.25, -0.2) is 0 Å². The van der Waals surface area contributed by atoms with Crippen LogP contribution in [-0.2, 0) is 10.8 Å². The molecular weight excluding hydrogens is 629 g/mol. The van der Waals surface area contributed by atoms with Gasteiger partial charge in [0, 0.05) is 39.3 Å². The van der Waals surface area contributed by atoms with Crippen molar-refractivity contribution in [1.29, 1.82) is 0 Å². The van der Waals surface area contributed by atoms with Gasteiger partial charge in [0.15, 0.2) is 0 Å². The van der Waals surface area contributed by atoms with Crippen molar-refractivity contribution < 1.29 is 0 Å². The molecular formula is C50H44N2. The van der Waals surface area contributed by atoms with Crippen LogP contribution in [0.1, 0.15) is 61.8 Å². The Kier molecular flexibility index (Phi) is 8.04. The van der Waals surface area contributed by atoms with E-state index >= 15 is 0 Å². The summed E-state index contributed by atoms with van der Waals surface area (Å²) in [5.41, 5.74) is 15.2. The van der Waals surface area contributed by atoms with Crippen molar-refractivity contribution >= 4 is 34.1 Å². The maximum atomic E-state index is 2.47. The number of fused-ring (bicyclic) bond motifs is 3. The summed E-state index contributed by atoms with van der Waals surface area (Å²) in [6.45, 7) is 4.75. The second-order valence-corrected chi connectivity index (χ2v) is 14.9. The number of nitrogens with zero attached hydrogens (tertiary/aromatic N) is 2. The van der Waals surface area contributed by atoms with Crippen molar-refractivity contribution in [3.05, 3.63) is 204 Å². The van der Waals surface area contributed by atoms with Crippen LogP contribution >= 0.6 is 0 Å². The molecule has 254 valence electrons. The van der Waals surface area contributed by atoms with E-state index in [2.05, 4.69) is 206 Å². The summed E-state index contributed by atoms with van der Waals surface area (Å²) in [7, 11) is 0. The van der Waals surface area contributed by atoms with Gasteiger partial charge < -0.3 is 9.80 Å². The predicted molar refractivity (Wildman–Crippen MR) is 219 cm³/mol. The van der Waals surface area contributed by atoms with Crippen LogP contribution in [0.5, 0.6) is 0 Å². The highest BCUT2D eigenvalue weighted by atomic mass is 15.1. The topological polar surface area (TPSA) is 6.48 Å². The molecule has 7 aromatic rings. The monoisotopic (exact) mass is 672 g/mol. The average Bonchev–Trinajstić information content (AvgIpc) is 3.79. The number of para-hydroxylation sites is 3. The van der Waals surface area contributed by atoms with Gasteiger partial charge in [-0.2, -0.15) is 0 Å². The molecule has 0 atom stereocenters. The summed E-state index contributed by atoms with van der Waals surface area (Å²) in [5, 5.41) is 0. The molecule has 0 aromatic heterocycles. The zero-order chi connectivity index (χ0) is 35.1. The van der Waals surface area contributed by atoms with Crippen LogP contribution in [0.25, 0.3) is 11.1 Å². The van der Waals surface area contributed by atoms with Gasteiger partial charge in [-0.15, -0.1) is 0 Å². The highest BCUT2D eigenvalue weighted by Gasteiger charge is 2.40. The molecule has 0 aliphatic heterocycles. The van der Waals surface area contributed by atoms with Crippen molar-refractivity contribution in [2.24, 2.45) is 0 Å². The molecule has 0 unspecified atom stereocenters. The van der Waals surface area contributed by atoms with Gasteiger partial charge in [0.05, 0.1) is 5.69 Å². The molecule has 0 saturated heterocycles. The highest BCUT2D eigenvalue weighted by Crippen LogP contribution is 2.54. The molecule has 0 amide bonds. The maximum Gasteiger partial charge on any atom is 0.0508 e. The molecule has 1 fully saturated rings. The molecule has 0 bridgehead atoms. The summed E-state index contributed by atoms with van der Waals surface area (Å²) in [6.07, 6.45) is 4.80. The van der Waals surface area contributed by atoms with E-state index in [4.69, 9.17) is 0 Å². The normalized spacial score (nSPS) is 15.1. The Morgan fingerprint density at radius 1 is 0.385 bits per heavy atom. The van der Waals surface area contributed by atoms with Gasteiger partial charge in [0.1, 0.15) is 0 Å². The summed E-state index contributed by atoms with van der Waals surface area (Å²) >= 11 is 0. The number of rotatable bonds is 8. The van der Waals surface area contributed by atoms with Gasteiger partial charge in [-0.1, -0.05) is 142 Å². The zero-order valence-corrected chi connectivity index (χ0v) is 30.0. The fraction of sp³-hybridized carbons (Fsp3) is 0.160. The van der Waals surface area contributed by atoms with E-state index in [1.807, 2.05) is 0 Å². The SMILES string of the molecule is CC1(C)c2ccccc2-c2cccc(N(c3ccccc3)c3ccc(C4(c5ccc(N(c6ccccc6)c6ccccc6)cc5)CCCC4)cc3)c21. The maximum absolute atomic E-state index is 2.47. The van der Waals surface area contributed by atoms with Crippen molar-refractivity contribution in [2.45, 2.75) is 50.4 Å². The molecule has 0 heterocycles. The lowest BCUT2D eigenvalue weighted by Gasteiger charge is -2.34. The summed E-state index contributed by atoms with van der Waals surface area (Å²) < 4.78 is 0. The molecule has 2 nitrogen and oxygen atoms in total. The Bertz CT molecular complexity index is 2260. The summed E-state index contributed by atoms with van der Waals surface area (Å²) in [4.78, 5) is 4.81. The molecule has 52 heavy (non-hydrogen) atoms. The lowest BCUT2D eigenvalue weighted by Crippen LogP contribution is -2.24. The third-order valence-electron chi connectivity index (χ3n) is 11.7. The van der Waals surface area contributed by atoms with Crippen LogP contribution < -0.4 is 9.80 Å². The lowest BCUT2D eigenvalue weighted by molar-refractivity contribution is 0.535. The highest BCUT2D eigenvalue weighted by molar-refractivity contribution is 5.90. The predicted octanol–water partition coefficient (Wildman–Crippen LogP) is 13.8. The van der Waals surface area contributed by atoms with Gasteiger partial charge in [-0.3, -0.25) is 0 Å². The molecule has 0 N–H and O–H groups in total. The minimum Gasteiger partial charge on any atom is -0.311 e. The van der Waals surface area contributed by atoms with Crippen LogP contribution in [0.15, 0.2) is 182 Å². The molecule has 2 heteroatoms. The van der Waals surface area contributed by atoms with Crippen LogP contribution in [-0.4, -0.2) is 0 Å². The van der Waals surface area contributed by atoms with Gasteiger partial charge in [0.25, 0.3) is 0 Å². The van der Waals surface area contributed by atoms with E-state index in [0.717, 1.165) is 24.2 Å². The van der Waals surface area contributed by atoms with E-state index in [9.17, 15) is 0 Å². The first-order valence-electron chi connectivity index (χ1n) is 18.7. The standard InChI is InChI=1S/C50H44N2/c1-49(2)46-25-13-12-23-44(46)45-24-16-26-47(48(45)49)52(41-21-10-5-11-22-41)43-33-29-38(30-34-43)50(35-14-15-36-50)37-27-31-42(32-28-37)51(39-17-6-3-7-18-39)40-19-8-4-9-20-40/h3-13,16-34H,14-15,35-36H2,1-2H3. The van der Waals surface area contributed by atoms with Gasteiger partial charge in [-0.05, 0) is 113 Å². The van der Waals surface area contributed by atoms with Crippen LogP contribution in [0.4, 0.5) is 34.1 Å². The zero-order valence-electron chi connectivity index (χ0n) is 30.0. The molecule has 9 rings (SSSR count). The smallest absolute Gasteiger partial charge is 0.0508 e. The van der Waals surface area contributed by atoms with Crippen molar-refractivity contribution in [2.75, 3.05) is 9.80 Å². The summed E-state index contributed by atoms with van der Waals surface area (Å²) in [6, 6.07) is 66.9. The fourth-order valence-electron chi connectivity index (χ4n) is 9.19. The third-order valence-corrected chi connectivity index (χ3v) is 11.7. The van der Waals surface area contributed by atoms with E-state index in [1.54, 1.807) is 0 Å². The first kappa shape index (κ1) is 32.1. The Hall–Kier alpha value is -5.86. The second-order valence-electron chi connectivity index (χ2n) is 14.9. The number of hydrogen-bond acceptors (Lipinski definition) is 2. The second kappa shape index (κ2) is 13.0. The number of hydrogen-bond donors (Lipinski definition) is 0. The molecule has 2 aliphatic rings. The van der Waals surface area contributed by atoms with Gasteiger partial charge >= 0.3 is 0 Å². The first-order chi connectivity index (χ1) is 25.5. The van der Waals surface area contributed by atoms with E-state index < -0.39 is 0 Å². The Labute approximate surface area is 308 Å². The summed E-state index contributed by atoms with van der Waals surface area (Å²) in [5.74, 6) is 0. The molecule has 0 spiro atoms. The third kappa shape index (κ3) is 5.33. The van der Waals surface area contributed by atoms with E-state index in [0.29, 0.717) is 0 Å². The first-order valence-corrected chi connectivity index (χ1v) is 18.7. The van der Waals surface area contributed by atoms with E-state index in [-0.39, 0.29) is 10.8 Å². The Morgan fingerprint density at radius 2 is 0.808 bits per heavy atom. The van der Waals surface area contributed by atoms with Crippen molar-refractivity contribution in [1.82, 2.24) is 0 Å². The Morgan fingerprint density at radius 3 is 1.35 bits per heavy atom. The Balaban J connectivity index is 1.10. The largest absolute Gasteiger partial charge is 0.311 e. The molecule has 0 radical (unpaired) electrons. The van der Waals surface area contributed by atoms with Crippen molar-refractivity contribution in [3.63, 3.8) is 0 Å². The minimum atomic E-state index is -0.119. The fourth-order valence-corrected chi connectivity index (χ4v) is 9.19. The minimum absolute atomic E-state index is 0.00338. The molecule has 2 aliphatic carbocycles. The molecule has 7 aromatic carbocycles. The lowest BCUT2D eigenvalue weighted by atomic mass is 9.73. The van der Waals surface area contributed by atoms with Crippen LogP contribution in [0.2, 0.25) is 0 Å². The number of anilines is 6. The van der Waals surface area contributed by atoms with Crippen LogP contribution in [0, 0.1) is 0 Å². The number of benzene rings is 7. The average molecular weight is 673 g/mol. The van der Waals surface area contributed by atoms with Crippen LogP contribution in [0.3, 0.4) is 0 Å². The molecule has 1 saturated carbocycles. The van der Waals surface area contributed by atoms with E-state index in [1.165, 1.54) is 69.0 Å². The quantitative estimate of drug-likeness (QED) is 0.159. The van der Waals surface area contributed by atoms with Crippen molar-refractivity contribution in [3.8, 4) is 11.1 Å². The van der Waals surface area contributed by atoms with Gasteiger partial charge in [0.2, 0.25) is 0 Å².